The predicted octanol–water partition coefficient (Wildman–Crippen LogP) is 2.98. The van der Waals surface area contributed by atoms with Crippen LogP contribution in [-0.4, -0.2) is 28.9 Å². The number of hydrogen-bond acceptors (Lipinski definition) is 3. The van der Waals surface area contributed by atoms with Gasteiger partial charge in [-0.3, -0.25) is 4.79 Å². The summed E-state index contributed by atoms with van der Waals surface area (Å²) >= 11 is 1.62. The molecule has 2 N–H and O–H groups in total. The lowest BCUT2D eigenvalue weighted by molar-refractivity contribution is -0.121. The zero-order chi connectivity index (χ0) is 15.1. The molecule has 1 saturated carbocycles. The Bertz CT molecular complexity index is 451. The van der Waals surface area contributed by atoms with E-state index in [1.165, 1.54) is 12.0 Å². The van der Waals surface area contributed by atoms with Gasteiger partial charge >= 0.3 is 0 Å². The molecule has 0 heterocycles. The third kappa shape index (κ3) is 5.04. The molecule has 3 nitrogen and oxygen atoms in total. The fraction of sp³-hybridized carbons (Fsp3) is 0.588. The van der Waals surface area contributed by atoms with Crippen LogP contribution in [-0.2, 0) is 10.5 Å². The van der Waals surface area contributed by atoms with Crippen LogP contribution in [0.25, 0.3) is 0 Å². The van der Waals surface area contributed by atoms with Crippen molar-refractivity contribution in [2.45, 2.75) is 43.9 Å². The van der Waals surface area contributed by atoms with E-state index in [4.69, 9.17) is 0 Å². The maximum Gasteiger partial charge on any atom is 0.230 e. The molecule has 2 unspecified atom stereocenters. The van der Waals surface area contributed by atoms with Crippen molar-refractivity contribution in [3.8, 4) is 0 Å². The highest BCUT2D eigenvalue weighted by molar-refractivity contribution is 7.99. The molecule has 1 aromatic carbocycles. The molecule has 0 bridgehead atoms. The second-order valence-corrected chi connectivity index (χ2v) is 7.15. The number of nitrogens with one attached hydrogen (secondary N) is 1. The number of aliphatic hydroxyl groups is 1. The highest BCUT2D eigenvalue weighted by Gasteiger charge is 2.35. The van der Waals surface area contributed by atoms with Crippen molar-refractivity contribution in [1.29, 1.82) is 0 Å². The van der Waals surface area contributed by atoms with E-state index in [1.807, 2.05) is 18.2 Å². The van der Waals surface area contributed by atoms with Gasteiger partial charge in [0.25, 0.3) is 0 Å². The van der Waals surface area contributed by atoms with Crippen molar-refractivity contribution in [2.75, 3.05) is 12.4 Å². The maximum absolute atomic E-state index is 12.1. The van der Waals surface area contributed by atoms with Gasteiger partial charge in [-0.1, -0.05) is 50.1 Å². The van der Waals surface area contributed by atoms with Gasteiger partial charge in [0.05, 0.1) is 17.9 Å². The Morgan fingerprint density at radius 3 is 2.86 bits per heavy atom. The van der Waals surface area contributed by atoms with Gasteiger partial charge in [-0.2, -0.15) is 0 Å². The summed E-state index contributed by atoms with van der Waals surface area (Å²) in [5.74, 6) is 1.91. The summed E-state index contributed by atoms with van der Waals surface area (Å²) in [5.41, 5.74) is 0.848. The van der Waals surface area contributed by atoms with E-state index in [1.54, 1.807) is 11.8 Å². The first-order valence-electron chi connectivity index (χ1n) is 7.67. The molecule has 0 spiro atoms. The van der Waals surface area contributed by atoms with Crippen molar-refractivity contribution in [1.82, 2.24) is 5.32 Å². The molecule has 1 aliphatic carbocycles. The highest BCUT2D eigenvalue weighted by atomic mass is 32.2. The van der Waals surface area contributed by atoms with E-state index < -0.39 is 0 Å². The molecule has 1 fully saturated rings. The van der Waals surface area contributed by atoms with E-state index in [9.17, 15) is 9.90 Å². The molecule has 2 atom stereocenters. The number of thioether (sulfide) groups is 1. The number of hydrogen-bond donors (Lipinski definition) is 2. The number of carbonyl (C=O) groups excluding carboxylic acids is 1. The molecule has 1 aromatic rings. The maximum atomic E-state index is 12.1. The summed E-state index contributed by atoms with van der Waals surface area (Å²) in [7, 11) is 0. The number of benzene rings is 1. The van der Waals surface area contributed by atoms with Gasteiger partial charge in [0.2, 0.25) is 5.91 Å². The third-order valence-corrected chi connectivity index (χ3v) is 5.15. The molecule has 2 rings (SSSR count). The van der Waals surface area contributed by atoms with Gasteiger partial charge in [-0.15, -0.1) is 11.8 Å². The molecule has 116 valence electrons. The van der Waals surface area contributed by atoms with E-state index in [0.717, 1.165) is 25.0 Å². The summed E-state index contributed by atoms with van der Waals surface area (Å²) in [6.45, 7) is 2.24. The fourth-order valence-corrected chi connectivity index (χ4v) is 3.91. The summed E-state index contributed by atoms with van der Waals surface area (Å²) < 4.78 is 0. The van der Waals surface area contributed by atoms with Crippen LogP contribution in [0, 0.1) is 5.92 Å². The third-order valence-electron chi connectivity index (χ3n) is 4.14. The normalized spacial score (nSPS) is 25.5. The van der Waals surface area contributed by atoms with Crippen LogP contribution in [0.4, 0.5) is 0 Å². The van der Waals surface area contributed by atoms with Crippen LogP contribution in [0.1, 0.15) is 38.2 Å². The average molecular weight is 307 g/mol. The number of aliphatic hydroxyl groups excluding tert-OH is 1. The van der Waals surface area contributed by atoms with Crippen molar-refractivity contribution < 1.29 is 9.90 Å². The van der Waals surface area contributed by atoms with Crippen molar-refractivity contribution in [3.63, 3.8) is 0 Å². The SMILES string of the molecule is CC1CCCC(CO)(NC(=O)CSCc2ccccc2)C1. The van der Waals surface area contributed by atoms with E-state index in [2.05, 4.69) is 24.4 Å². The molecule has 0 aliphatic heterocycles. The Kier molecular flexibility index (Phi) is 6.12. The second-order valence-electron chi connectivity index (χ2n) is 6.17. The zero-order valence-electron chi connectivity index (χ0n) is 12.7. The Balaban J connectivity index is 1.77. The minimum Gasteiger partial charge on any atom is -0.394 e. The molecule has 1 aliphatic rings. The minimum atomic E-state index is -0.387. The number of amides is 1. The average Bonchev–Trinajstić information content (AvgIpc) is 2.48. The van der Waals surface area contributed by atoms with Gasteiger partial charge < -0.3 is 10.4 Å². The molecule has 21 heavy (non-hydrogen) atoms. The van der Waals surface area contributed by atoms with Gasteiger partial charge in [0.1, 0.15) is 0 Å². The van der Waals surface area contributed by atoms with Crippen LogP contribution in [0.2, 0.25) is 0 Å². The number of carbonyl (C=O) groups is 1. The molecular weight excluding hydrogens is 282 g/mol. The van der Waals surface area contributed by atoms with E-state index >= 15 is 0 Å². The lowest BCUT2D eigenvalue weighted by atomic mass is 9.77. The van der Waals surface area contributed by atoms with Crippen LogP contribution < -0.4 is 5.32 Å². The van der Waals surface area contributed by atoms with Crippen molar-refractivity contribution >= 4 is 17.7 Å². The van der Waals surface area contributed by atoms with Crippen LogP contribution in [0.5, 0.6) is 0 Å². The van der Waals surface area contributed by atoms with Crippen LogP contribution in [0.3, 0.4) is 0 Å². The first kappa shape index (κ1) is 16.4. The van der Waals surface area contributed by atoms with Gasteiger partial charge in [-0.05, 0) is 24.3 Å². The Morgan fingerprint density at radius 2 is 2.19 bits per heavy atom. The van der Waals surface area contributed by atoms with Gasteiger partial charge in [-0.25, -0.2) is 0 Å². The summed E-state index contributed by atoms with van der Waals surface area (Å²) in [6, 6.07) is 10.2. The Labute approximate surface area is 131 Å². The standard InChI is InChI=1S/C17H25NO2S/c1-14-6-5-9-17(10-14,13-19)18-16(20)12-21-11-15-7-3-2-4-8-15/h2-4,7-8,14,19H,5-6,9-13H2,1H3,(H,18,20). The van der Waals surface area contributed by atoms with Crippen LogP contribution >= 0.6 is 11.8 Å². The molecule has 0 radical (unpaired) electrons. The lowest BCUT2D eigenvalue weighted by Crippen LogP contribution is -2.54. The summed E-state index contributed by atoms with van der Waals surface area (Å²) in [5, 5.41) is 12.8. The first-order valence-corrected chi connectivity index (χ1v) is 8.82. The topological polar surface area (TPSA) is 49.3 Å². The molecule has 0 aromatic heterocycles. The zero-order valence-corrected chi connectivity index (χ0v) is 13.5. The fourth-order valence-electron chi connectivity index (χ4n) is 3.12. The van der Waals surface area contributed by atoms with Gasteiger partial charge in [0.15, 0.2) is 0 Å². The largest absolute Gasteiger partial charge is 0.394 e. The van der Waals surface area contributed by atoms with E-state index in [0.29, 0.717) is 11.7 Å². The lowest BCUT2D eigenvalue weighted by Gasteiger charge is -2.39. The summed E-state index contributed by atoms with van der Waals surface area (Å²) in [6.07, 6.45) is 4.06. The number of rotatable bonds is 6. The van der Waals surface area contributed by atoms with Crippen molar-refractivity contribution in [2.24, 2.45) is 5.92 Å². The monoisotopic (exact) mass is 307 g/mol. The Hall–Kier alpha value is -1.00. The molecule has 1 amide bonds. The quantitative estimate of drug-likeness (QED) is 0.849. The molecular formula is C17H25NO2S. The predicted molar refractivity (Wildman–Crippen MR) is 88.2 cm³/mol. The summed E-state index contributed by atoms with van der Waals surface area (Å²) in [4.78, 5) is 12.1. The Morgan fingerprint density at radius 1 is 1.43 bits per heavy atom. The smallest absolute Gasteiger partial charge is 0.230 e. The van der Waals surface area contributed by atoms with E-state index in [-0.39, 0.29) is 18.1 Å². The molecule has 0 saturated heterocycles. The highest BCUT2D eigenvalue weighted by Crippen LogP contribution is 2.32. The van der Waals surface area contributed by atoms with Crippen molar-refractivity contribution in [3.05, 3.63) is 35.9 Å². The minimum absolute atomic E-state index is 0.0408. The first-order chi connectivity index (χ1) is 10.1. The second kappa shape index (κ2) is 7.85. The van der Waals surface area contributed by atoms with Crippen LogP contribution in [0.15, 0.2) is 30.3 Å². The molecule has 4 heteroatoms. The van der Waals surface area contributed by atoms with Gasteiger partial charge in [0, 0.05) is 5.75 Å².